The molecule has 2 heterocycles. The number of nitrogens with zero attached hydrogens (tertiary/aromatic N) is 2. The van der Waals surface area contributed by atoms with Gasteiger partial charge in [-0.3, -0.25) is 4.79 Å². The third-order valence-electron chi connectivity index (χ3n) is 4.81. The number of halogens is 1. The number of hydrogen-bond acceptors (Lipinski definition) is 4. The number of rotatable bonds is 7. The smallest absolute Gasteiger partial charge is 0.340 e. The van der Waals surface area contributed by atoms with Crippen LogP contribution in [0.1, 0.15) is 33.1 Å². The van der Waals surface area contributed by atoms with E-state index in [-0.39, 0.29) is 12.4 Å². The van der Waals surface area contributed by atoms with Crippen molar-refractivity contribution >= 4 is 11.9 Å². The van der Waals surface area contributed by atoms with Gasteiger partial charge in [-0.25, -0.2) is 9.18 Å². The highest BCUT2D eigenvalue weighted by Crippen LogP contribution is 2.18. The number of carbonyl (C=O) groups is 2. The van der Waals surface area contributed by atoms with Crippen molar-refractivity contribution < 1.29 is 23.1 Å². The van der Waals surface area contributed by atoms with Gasteiger partial charge in [0.2, 0.25) is 0 Å². The van der Waals surface area contributed by atoms with Gasteiger partial charge in [-0.05, 0) is 38.1 Å². The number of aromatic nitrogens is 1. The molecule has 0 saturated carbocycles. The fraction of sp³-hybridized carbons (Fsp3) is 0.273. The molecular formula is C22H23FN2O4. The number of amides is 1. The lowest BCUT2D eigenvalue weighted by Crippen LogP contribution is -2.31. The van der Waals surface area contributed by atoms with Crippen LogP contribution in [0.5, 0.6) is 0 Å². The number of esters is 1. The van der Waals surface area contributed by atoms with E-state index in [1.165, 1.54) is 18.0 Å². The Balaban J connectivity index is 1.60. The van der Waals surface area contributed by atoms with Crippen molar-refractivity contribution in [1.82, 2.24) is 9.47 Å². The second-order valence-corrected chi connectivity index (χ2v) is 6.87. The molecule has 0 spiro atoms. The van der Waals surface area contributed by atoms with Crippen LogP contribution in [0.15, 0.2) is 53.1 Å². The van der Waals surface area contributed by atoms with Crippen LogP contribution >= 0.6 is 0 Å². The molecule has 1 aromatic carbocycles. The monoisotopic (exact) mass is 398 g/mol. The summed E-state index contributed by atoms with van der Waals surface area (Å²) in [7, 11) is 1.54. The van der Waals surface area contributed by atoms with Crippen LogP contribution < -0.4 is 0 Å². The highest BCUT2D eigenvalue weighted by molar-refractivity contribution is 5.92. The second-order valence-electron chi connectivity index (χ2n) is 6.87. The summed E-state index contributed by atoms with van der Waals surface area (Å²) in [5.74, 6) is -0.591. The predicted molar refractivity (Wildman–Crippen MR) is 105 cm³/mol. The molecule has 6 nitrogen and oxygen atoms in total. The minimum Gasteiger partial charge on any atom is -0.467 e. The lowest BCUT2D eigenvalue weighted by Gasteiger charge is -2.17. The summed E-state index contributed by atoms with van der Waals surface area (Å²) in [5.41, 5.74) is 2.42. The SMILES string of the molecule is Cc1cc(C(=O)OCC(=O)N(C)Cc2ccccc2F)c(C)n1Cc1ccco1. The van der Waals surface area contributed by atoms with Crippen LogP contribution in [0.4, 0.5) is 4.39 Å². The summed E-state index contributed by atoms with van der Waals surface area (Å²) < 4.78 is 26.3. The molecule has 0 aliphatic rings. The third-order valence-corrected chi connectivity index (χ3v) is 4.81. The molecule has 7 heteroatoms. The Hall–Kier alpha value is -3.35. The molecule has 29 heavy (non-hydrogen) atoms. The normalized spacial score (nSPS) is 10.8. The minimum absolute atomic E-state index is 0.0979. The van der Waals surface area contributed by atoms with Gasteiger partial charge >= 0.3 is 5.97 Å². The minimum atomic E-state index is -0.573. The highest BCUT2D eigenvalue weighted by Gasteiger charge is 2.20. The third kappa shape index (κ3) is 4.74. The van der Waals surface area contributed by atoms with Crippen molar-refractivity contribution in [2.45, 2.75) is 26.9 Å². The molecular weight excluding hydrogens is 375 g/mol. The zero-order valence-corrected chi connectivity index (χ0v) is 16.6. The molecule has 152 valence electrons. The first-order chi connectivity index (χ1) is 13.9. The molecule has 0 aliphatic carbocycles. The van der Waals surface area contributed by atoms with E-state index in [9.17, 15) is 14.0 Å². The number of benzene rings is 1. The van der Waals surface area contributed by atoms with Crippen LogP contribution in [-0.4, -0.2) is 35.0 Å². The van der Waals surface area contributed by atoms with E-state index >= 15 is 0 Å². The molecule has 0 unspecified atom stereocenters. The summed E-state index contributed by atoms with van der Waals surface area (Å²) in [6, 6.07) is 11.6. The topological polar surface area (TPSA) is 64.7 Å². The molecule has 0 N–H and O–H groups in total. The van der Waals surface area contributed by atoms with Crippen molar-refractivity contribution in [3.63, 3.8) is 0 Å². The molecule has 1 amide bonds. The maximum atomic E-state index is 13.7. The van der Waals surface area contributed by atoms with E-state index in [1.807, 2.05) is 30.5 Å². The van der Waals surface area contributed by atoms with Crippen LogP contribution in [0, 0.1) is 19.7 Å². The maximum absolute atomic E-state index is 13.7. The van der Waals surface area contributed by atoms with Crippen LogP contribution in [0.25, 0.3) is 0 Å². The predicted octanol–water partition coefficient (Wildman–Crippen LogP) is 3.70. The zero-order valence-electron chi connectivity index (χ0n) is 16.6. The zero-order chi connectivity index (χ0) is 21.0. The van der Waals surface area contributed by atoms with E-state index in [0.717, 1.165) is 17.1 Å². The molecule has 3 aromatic rings. The summed E-state index contributed by atoms with van der Waals surface area (Å²) in [4.78, 5) is 26.1. The van der Waals surface area contributed by atoms with Crippen LogP contribution in [-0.2, 0) is 22.6 Å². The summed E-state index contributed by atoms with van der Waals surface area (Å²) in [6.07, 6.45) is 1.60. The van der Waals surface area contributed by atoms with Crippen molar-refractivity contribution in [1.29, 1.82) is 0 Å². The van der Waals surface area contributed by atoms with Gasteiger partial charge in [0.15, 0.2) is 6.61 Å². The van der Waals surface area contributed by atoms with E-state index in [1.54, 1.807) is 30.5 Å². The largest absolute Gasteiger partial charge is 0.467 e. The van der Waals surface area contributed by atoms with E-state index in [0.29, 0.717) is 17.7 Å². The number of carbonyl (C=O) groups excluding carboxylic acids is 2. The van der Waals surface area contributed by atoms with E-state index in [2.05, 4.69) is 0 Å². The van der Waals surface area contributed by atoms with Crippen LogP contribution in [0.3, 0.4) is 0 Å². The van der Waals surface area contributed by atoms with Crippen molar-refractivity contribution in [2.75, 3.05) is 13.7 Å². The standard InChI is InChI=1S/C22H23FN2O4/c1-15-11-19(16(2)25(15)13-18-8-6-10-28-18)22(27)29-14-21(26)24(3)12-17-7-4-5-9-20(17)23/h4-11H,12-14H2,1-3H3. The fourth-order valence-electron chi connectivity index (χ4n) is 3.10. The molecule has 0 fully saturated rings. The Bertz CT molecular complexity index is 1010. The number of hydrogen-bond donors (Lipinski definition) is 0. The quantitative estimate of drug-likeness (QED) is 0.569. The average Bonchev–Trinajstić information content (AvgIpc) is 3.31. The Labute approximate surface area is 168 Å². The number of aryl methyl sites for hydroxylation is 1. The Morgan fingerprint density at radius 1 is 1.17 bits per heavy atom. The Morgan fingerprint density at radius 2 is 1.93 bits per heavy atom. The molecule has 3 rings (SSSR count). The van der Waals surface area contributed by atoms with Gasteiger partial charge in [-0.2, -0.15) is 0 Å². The summed E-state index contributed by atoms with van der Waals surface area (Å²) in [5, 5.41) is 0. The highest BCUT2D eigenvalue weighted by atomic mass is 19.1. The fourth-order valence-corrected chi connectivity index (χ4v) is 3.10. The van der Waals surface area contributed by atoms with Gasteiger partial charge in [0.25, 0.3) is 5.91 Å². The second kappa shape index (κ2) is 8.77. The molecule has 0 atom stereocenters. The number of ether oxygens (including phenoxy) is 1. The first kappa shape index (κ1) is 20.4. The summed E-state index contributed by atoms with van der Waals surface area (Å²) >= 11 is 0. The first-order valence-electron chi connectivity index (χ1n) is 9.20. The molecule has 0 radical (unpaired) electrons. The molecule has 0 aliphatic heterocycles. The van der Waals surface area contributed by atoms with Gasteiger partial charge in [-0.1, -0.05) is 18.2 Å². The molecule has 0 bridgehead atoms. The van der Waals surface area contributed by atoms with Gasteiger partial charge < -0.3 is 18.6 Å². The molecule has 0 saturated heterocycles. The number of furan rings is 1. The van der Waals surface area contributed by atoms with Gasteiger partial charge in [0.1, 0.15) is 11.6 Å². The van der Waals surface area contributed by atoms with Crippen LogP contribution in [0.2, 0.25) is 0 Å². The lowest BCUT2D eigenvalue weighted by molar-refractivity contribution is -0.133. The molecule has 2 aromatic heterocycles. The van der Waals surface area contributed by atoms with Crippen molar-refractivity contribution in [2.24, 2.45) is 0 Å². The number of likely N-dealkylation sites (N-methyl/N-ethyl adjacent to an activating group) is 1. The van der Waals surface area contributed by atoms with Gasteiger partial charge in [0.05, 0.1) is 18.4 Å². The van der Waals surface area contributed by atoms with E-state index in [4.69, 9.17) is 9.15 Å². The average molecular weight is 398 g/mol. The van der Waals surface area contributed by atoms with E-state index < -0.39 is 18.5 Å². The Kier molecular flexibility index (Phi) is 6.16. The Morgan fingerprint density at radius 3 is 2.62 bits per heavy atom. The maximum Gasteiger partial charge on any atom is 0.340 e. The van der Waals surface area contributed by atoms with Gasteiger partial charge in [-0.15, -0.1) is 0 Å². The lowest BCUT2D eigenvalue weighted by atomic mass is 10.2. The van der Waals surface area contributed by atoms with Crippen molar-refractivity contribution in [3.8, 4) is 0 Å². The first-order valence-corrected chi connectivity index (χ1v) is 9.20. The van der Waals surface area contributed by atoms with Gasteiger partial charge in [0, 0.05) is 30.5 Å². The van der Waals surface area contributed by atoms with Crippen molar-refractivity contribution in [3.05, 3.63) is 82.8 Å². The summed E-state index contributed by atoms with van der Waals surface area (Å²) in [6.45, 7) is 3.90.